The van der Waals surface area contributed by atoms with Crippen LogP contribution in [0.25, 0.3) is 0 Å². The predicted octanol–water partition coefficient (Wildman–Crippen LogP) is 0.799. The van der Waals surface area contributed by atoms with E-state index in [1.165, 1.54) is 0 Å². The van der Waals surface area contributed by atoms with Crippen molar-refractivity contribution in [2.45, 2.75) is 18.6 Å². The second kappa shape index (κ2) is 5.28. The highest BCUT2D eigenvalue weighted by Crippen LogP contribution is 2.17. The Morgan fingerprint density at radius 1 is 1.41 bits per heavy atom. The Balaban J connectivity index is 1.80. The topological polar surface area (TPSA) is 65.3 Å². The number of ether oxygens (including phenoxy) is 1. The van der Waals surface area contributed by atoms with Crippen molar-refractivity contribution in [3.63, 3.8) is 0 Å². The first-order valence-corrected chi connectivity index (χ1v) is 5.72. The summed E-state index contributed by atoms with van der Waals surface area (Å²) in [6.07, 6.45) is 0.688. The molecular formula is C13H16N2O2. The molecule has 1 aliphatic heterocycles. The molecular weight excluding hydrogens is 216 g/mol. The molecule has 1 fully saturated rings. The van der Waals surface area contributed by atoms with Crippen molar-refractivity contribution in [3.8, 4) is 6.07 Å². The van der Waals surface area contributed by atoms with Crippen molar-refractivity contribution < 1.29 is 9.84 Å². The van der Waals surface area contributed by atoms with Gasteiger partial charge in [-0.3, -0.25) is 0 Å². The lowest BCUT2D eigenvalue weighted by Crippen LogP contribution is -2.40. The highest BCUT2D eigenvalue weighted by atomic mass is 16.5. The van der Waals surface area contributed by atoms with E-state index in [9.17, 15) is 5.11 Å². The normalized spacial score (nSPS) is 23.5. The van der Waals surface area contributed by atoms with Crippen LogP contribution in [0.5, 0.6) is 0 Å². The zero-order valence-corrected chi connectivity index (χ0v) is 9.65. The fourth-order valence-corrected chi connectivity index (χ4v) is 1.87. The molecule has 90 valence electrons. The van der Waals surface area contributed by atoms with E-state index < -0.39 is 5.60 Å². The Hall–Kier alpha value is -1.41. The van der Waals surface area contributed by atoms with Gasteiger partial charge < -0.3 is 15.2 Å². The van der Waals surface area contributed by atoms with E-state index in [1.54, 1.807) is 12.1 Å². The molecule has 1 heterocycles. The van der Waals surface area contributed by atoms with Crippen LogP contribution < -0.4 is 5.32 Å². The van der Waals surface area contributed by atoms with Crippen LogP contribution in [0.1, 0.15) is 17.5 Å². The average molecular weight is 232 g/mol. The third kappa shape index (κ3) is 3.27. The third-order valence-electron chi connectivity index (χ3n) is 2.95. The lowest BCUT2D eigenvalue weighted by molar-refractivity contribution is 0.0268. The van der Waals surface area contributed by atoms with Crippen LogP contribution in [-0.2, 0) is 11.3 Å². The Bertz CT molecular complexity index is 402. The molecule has 2 rings (SSSR count). The largest absolute Gasteiger partial charge is 0.386 e. The van der Waals surface area contributed by atoms with Crippen LogP contribution in [0.4, 0.5) is 0 Å². The number of aliphatic hydroxyl groups is 1. The predicted molar refractivity (Wildman–Crippen MR) is 63.2 cm³/mol. The standard InChI is InChI=1S/C13H16N2O2/c14-7-11-1-3-12(4-2-11)8-15-9-13(16)5-6-17-10-13/h1-4,15-16H,5-6,8-10H2. The van der Waals surface area contributed by atoms with Crippen molar-refractivity contribution >= 4 is 0 Å². The van der Waals surface area contributed by atoms with Crippen LogP contribution >= 0.6 is 0 Å². The van der Waals surface area contributed by atoms with E-state index in [0.717, 1.165) is 5.56 Å². The molecule has 0 aromatic heterocycles. The van der Waals surface area contributed by atoms with Crippen molar-refractivity contribution in [2.75, 3.05) is 19.8 Å². The second-order valence-electron chi connectivity index (χ2n) is 4.44. The summed E-state index contributed by atoms with van der Waals surface area (Å²) in [5.41, 5.74) is 1.05. The van der Waals surface area contributed by atoms with Crippen LogP contribution in [-0.4, -0.2) is 30.5 Å². The smallest absolute Gasteiger partial charge is 0.102 e. The number of rotatable bonds is 4. The molecule has 0 aliphatic carbocycles. The monoisotopic (exact) mass is 232 g/mol. The molecule has 2 N–H and O–H groups in total. The Morgan fingerprint density at radius 3 is 2.76 bits per heavy atom. The summed E-state index contributed by atoms with van der Waals surface area (Å²) in [7, 11) is 0. The fraction of sp³-hybridized carbons (Fsp3) is 0.462. The van der Waals surface area contributed by atoms with Crippen LogP contribution in [0.2, 0.25) is 0 Å². The van der Waals surface area contributed by atoms with E-state index >= 15 is 0 Å². The highest BCUT2D eigenvalue weighted by molar-refractivity contribution is 5.31. The molecule has 0 radical (unpaired) electrons. The SMILES string of the molecule is N#Cc1ccc(CNCC2(O)CCOC2)cc1. The number of nitriles is 1. The van der Waals surface area contributed by atoms with Gasteiger partial charge in [-0.1, -0.05) is 12.1 Å². The van der Waals surface area contributed by atoms with Gasteiger partial charge in [0.2, 0.25) is 0 Å². The molecule has 1 unspecified atom stereocenters. The minimum absolute atomic E-state index is 0.410. The second-order valence-corrected chi connectivity index (χ2v) is 4.44. The van der Waals surface area contributed by atoms with Gasteiger partial charge in [0.25, 0.3) is 0 Å². The van der Waals surface area contributed by atoms with E-state index in [4.69, 9.17) is 10.00 Å². The first-order valence-electron chi connectivity index (χ1n) is 5.72. The average Bonchev–Trinajstić information content (AvgIpc) is 2.77. The van der Waals surface area contributed by atoms with Gasteiger partial charge >= 0.3 is 0 Å². The van der Waals surface area contributed by atoms with Gasteiger partial charge in [-0.25, -0.2) is 0 Å². The van der Waals surface area contributed by atoms with Gasteiger partial charge in [0, 0.05) is 26.1 Å². The van der Waals surface area contributed by atoms with Crippen LogP contribution in [0.3, 0.4) is 0 Å². The summed E-state index contributed by atoms with van der Waals surface area (Å²) in [6, 6.07) is 9.51. The molecule has 4 nitrogen and oxygen atoms in total. The number of benzene rings is 1. The van der Waals surface area contributed by atoms with Crippen LogP contribution in [0.15, 0.2) is 24.3 Å². The van der Waals surface area contributed by atoms with Crippen LogP contribution in [0, 0.1) is 11.3 Å². The minimum atomic E-state index is -0.716. The number of nitrogens with one attached hydrogen (secondary N) is 1. The maximum atomic E-state index is 10.0. The molecule has 1 saturated heterocycles. The van der Waals surface area contributed by atoms with Gasteiger partial charge in [0.05, 0.1) is 18.2 Å². The Labute approximate surface area is 101 Å². The first kappa shape index (κ1) is 12.1. The zero-order chi connectivity index (χ0) is 12.1. The Morgan fingerprint density at radius 2 is 2.18 bits per heavy atom. The van der Waals surface area contributed by atoms with E-state index in [0.29, 0.717) is 38.3 Å². The minimum Gasteiger partial charge on any atom is -0.386 e. The van der Waals surface area contributed by atoms with Gasteiger partial charge in [-0.05, 0) is 17.7 Å². The van der Waals surface area contributed by atoms with E-state index in [1.807, 2.05) is 12.1 Å². The molecule has 17 heavy (non-hydrogen) atoms. The summed E-state index contributed by atoms with van der Waals surface area (Å²) >= 11 is 0. The van der Waals surface area contributed by atoms with E-state index in [-0.39, 0.29) is 0 Å². The van der Waals surface area contributed by atoms with Gasteiger partial charge in [-0.2, -0.15) is 5.26 Å². The molecule has 0 amide bonds. The van der Waals surface area contributed by atoms with E-state index in [2.05, 4.69) is 11.4 Å². The molecule has 1 aliphatic rings. The Kier molecular flexibility index (Phi) is 3.75. The summed E-state index contributed by atoms with van der Waals surface area (Å²) in [4.78, 5) is 0. The summed E-state index contributed by atoms with van der Waals surface area (Å²) in [5.74, 6) is 0. The van der Waals surface area contributed by atoms with Gasteiger partial charge in [0.1, 0.15) is 5.60 Å². The maximum Gasteiger partial charge on any atom is 0.102 e. The molecule has 0 saturated carbocycles. The lowest BCUT2D eigenvalue weighted by Gasteiger charge is -2.20. The molecule has 0 spiro atoms. The lowest BCUT2D eigenvalue weighted by atomic mass is 10.0. The maximum absolute atomic E-state index is 10.0. The number of hydrogen-bond donors (Lipinski definition) is 2. The van der Waals surface area contributed by atoms with Gasteiger partial charge in [0.15, 0.2) is 0 Å². The molecule has 1 atom stereocenters. The van der Waals surface area contributed by atoms with Gasteiger partial charge in [-0.15, -0.1) is 0 Å². The molecule has 0 bridgehead atoms. The fourth-order valence-electron chi connectivity index (χ4n) is 1.87. The highest BCUT2D eigenvalue weighted by Gasteiger charge is 2.31. The quantitative estimate of drug-likeness (QED) is 0.806. The number of nitrogens with zero attached hydrogens (tertiary/aromatic N) is 1. The van der Waals surface area contributed by atoms with Crippen molar-refractivity contribution in [1.29, 1.82) is 5.26 Å². The first-order chi connectivity index (χ1) is 8.22. The third-order valence-corrected chi connectivity index (χ3v) is 2.95. The summed E-state index contributed by atoms with van der Waals surface area (Å²) in [6.45, 7) is 2.27. The molecule has 4 heteroatoms. The summed E-state index contributed by atoms with van der Waals surface area (Å²) < 4.78 is 5.17. The molecule has 1 aromatic rings. The summed E-state index contributed by atoms with van der Waals surface area (Å²) in [5, 5.41) is 21.9. The van der Waals surface area contributed by atoms with Crippen molar-refractivity contribution in [2.24, 2.45) is 0 Å². The zero-order valence-electron chi connectivity index (χ0n) is 9.65. The van der Waals surface area contributed by atoms with Crippen molar-refractivity contribution in [3.05, 3.63) is 35.4 Å². The number of hydrogen-bond acceptors (Lipinski definition) is 4. The molecule has 1 aromatic carbocycles. The van der Waals surface area contributed by atoms with Crippen molar-refractivity contribution in [1.82, 2.24) is 5.32 Å².